The van der Waals surface area contributed by atoms with Crippen molar-refractivity contribution in [1.29, 1.82) is 0 Å². The largest absolute Gasteiger partial charge is 0.508 e. The van der Waals surface area contributed by atoms with Crippen LogP contribution in [0, 0.1) is 6.92 Å². The van der Waals surface area contributed by atoms with Gasteiger partial charge in [-0.05, 0) is 109 Å². The van der Waals surface area contributed by atoms with Crippen molar-refractivity contribution in [3.63, 3.8) is 0 Å². The Kier molecular flexibility index (Phi) is 8.39. The molecule has 34 heavy (non-hydrogen) atoms. The van der Waals surface area contributed by atoms with E-state index in [1.165, 1.54) is 97.5 Å². The maximum absolute atomic E-state index is 10.3. The van der Waals surface area contributed by atoms with Crippen molar-refractivity contribution >= 4 is 23.2 Å². The van der Waals surface area contributed by atoms with Gasteiger partial charge in [0.2, 0.25) is 0 Å². The summed E-state index contributed by atoms with van der Waals surface area (Å²) in [5, 5.41) is 12.7. The number of hydrogen-bond donors (Lipinski definition) is 1. The first-order chi connectivity index (χ1) is 16.2. The predicted octanol–water partition coefficient (Wildman–Crippen LogP) is 7.86. The van der Waals surface area contributed by atoms with Crippen LogP contribution in [0.4, 0.5) is 0 Å². The van der Waals surface area contributed by atoms with Crippen molar-refractivity contribution in [1.82, 2.24) is 4.90 Å². The number of piperidine rings is 1. The van der Waals surface area contributed by atoms with Crippen LogP contribution in [0.3, 0.4) is 0 Å². The summed E-state index contributed by atoms with van der Waals surface area (Å²) in [5.41, 5.74) is 5.09. The van der Waals surface area contributed by atoms with Gasteiger partial charge in [0.15, 0.2) is 0 Å². The Hall–Kier alpha value is -2.23. The Morgan fingerprint density at radius 3 is 2.38 bits per heavy atom. The molecule has 3 aromatic carbocycles. The van der Waals surface area contributed by atoms with E-state index in [1.54, 1.807) is 0 Å². The van der Waals surface area contributed by atoms with Crippen LogP contribution in [0.2, 0.25) is 0 Å². The molecule has 5 rings (SSSR count). The third-order valence-corrected chi connectivity index (χ3v) is 7.70. The molecular formula is C30H38ClNO2. The molecule has 2 fully saturated rings. The minimum atomic E-state index is 0. The summed E-state index contributed by atoms with van der Waals surface area (Å²) in [6.07, 6.45) is 10.5. The second-order valence-corrected chi connectivity index (χ2v) is 9.99. The number of benzene rings is 3. The van der Waals surface area contributed by atoms with Gasteiger partial charge in [-0.25, -0.2) is 0 Å². The fourth-order valence-electron chi connectivity index (χ4n) is 5.82. The SMILES string of the molecule is Cc1ccc(OCCN2CCCCC2)cc1-c1ccc(C2CCCCC2)c2cc(O)ccc12.Cl. The van der Waals surface area contributed by atoms with Crippen LogP contribution in [0.15, 0.2) is 48.5 Å². The lowest BCUT2D eigenvalue weighted by Crippen LogP contribution is -2.33. The molecule has 1 heterocycles. The quantitative estimate of drug-likeness (QED) is 0.390. The number of halogens is 1. The number of aryl methyl sites for hydroxylation is 1. The Morgan fingerprint density at radius 1 is 0.824 bits per heavy atom. The van der Waals surface area contributed by atoms with E-state index in [0.29, 0.717) is 11.7 Å². The van der Waals surface area contributed by atoms with Crippen LogP contribution >= 0.6 is 12.4 Å². The first-order valence-electron chi connectivity index (χ1n) is 12.9. The van der Waals surface area contributed by atoms with Gasteiger partial charge in [0.25, 0.3) is 0 Å². The summed E-state index contributed by atoms with van der Waals surface area (Å²) in [5.74, 6) is 1.89. The number of likely N-dealkylation sites (tertiary alicyclic amines) is 1. The summed E-state index contributed by atoms with van der Waals surface area (Å²) < 4.78 is 6.19. The van der Waals surface area contributed by atoms with E-state index < -0.39 is 0 Å². The predicted molar refractivity (Wildman–Crippen MR) is 145 cm³/mol. The van der Waals surface area contributed by atoms with Crippen molar-refractivity contribution in [3.05, 3.63) is 59.7 Å². The van der Waals surface area contributed by atoms with E-state index in [9.17, 15) is 5.11 Å². The second kappa shape index (κ2) is 11.5. The minimum Gasteiger partial charge on any atom is -0.508 e. The molecule has 0 bridgehead atoms. The number of ether oxygens (including phenoxy) is 1. The molecule has 182 valence electrons. The number of aromatic hydroxyl groups is 1. The molecule has 3 nitrogen and oxygen atoms in total. The summed E-state index contributed by atoms with van der Waals surface area (Å²) in [4.78, 5) is 2.52. The lowest BCUT2D eigenvalue weighted by molar-refractivity contribution is 0.183. The molecule has 1 saturated carbocycles. The molecule has 4 heteroatoms. The Labute approximate surface area is 210 Å². The maximum Gasteiger partial charge on any atom is 0.120 e. The maximum atomic E-state index is 10.3. The molecule has 0 unspecified atom stereocenters. The molecule has 0 amide bonds. The lowest BCUT2D eigenvalue weighted by atomic mass is 9.80. The van der Waals surface area contributed by atoms with Crippen molar-refractivity contribution in [2.45, 2.75) is 64.2 Å². The van der Waals surface area contributed by atoms with Crippen LogP contribution in [-0.4, -0.2) is 36.2 Å². The highest BCUT2D eigenvalue weighted by atomic mass is 35.5. The van der Waals surface area contributed by atoms with Gasteiger partial charge in [-0.3, -0.25) is 4.90 Å². The zero-order valence-electron chi connectivity index (χ0n) is 20.4. The average molecular weight is 480 g/mol. The molecule has 1 saturated heterocycles. The van der Waals surface area contributed by atoms with E-state index >= 15 is 0 Å². The zero-order chi connectivity index (χ0) is 22.6. The normalized spacial score (nSPS) is 17.4. The molecular weight excluding hydrogens is 442 g/mol. The van der Waals surface area contributed by atoms with E-state index in [0.717, 1.165) is 18.9 Å². The Bertz CT molecular complexity index is 1100. The van der Waals surface area contributed by atoms with Crippen molar-refractivity contribution in [2.75, 3.05) is 26.2 Å². The summed E-state index contributed by atoms with van der Waals surface area (Å²) in [7, 11) is 0. The topological polar surface area (TPSA) is 32.7 Å². The first kappa shape index (κ1) is 24.9. The molecule has 2 aliphatic rings. The van der Waals surface area contributed by atoms with E-state index in [1.807, 2.05) is 12.1 Å². The number of rotatable bonds is 6. The molecule has 0 aromatic heterocycles. The van der Waals surface area contributed by atoms with E-state index in [2.05, 4.69) is 48.2 Å². The summed E-state index contributed by atoms with van der Waals surface area (Å²) >= 11 is 0. The highest BCUT2D eigenvalue weighted by molar-refractivity contribution is 6.00. The van der Waals surface area contributed by atoms with Crippen molar-refractivity contribution in [3.8, 4) is 22.6 Å². The number of phenols is 1. The summed E-state index contributed by atoms with van der Waals surface area (Å²) in [6, 6.07) is 17.0. The lowest BCUT2D eigenvalue weighted by Gasteiger charge is -2.26. The third-order valence-electron chi connectivity index (χ3n) is 7.70. The highest BCUT2D eigenvalue weighted by Crippen LogP contribution is 2.41. The van der Waals surface area contributed by atoms with Crippen LogP contribution in [0.1, 0.15) is 68.4 Å². The first-order valence-corrected chi connectivity index (χ1v) is 12.9. The third kappa shape index (κ3) is 5.53. The van der Waals surface area contributed by atoms with E-state index in [-0.39, 0.29) is 12.4 Å². The van der Waals surface area contributed by atoms with Gasteiger partial charge >= 0.3 is 0 Å². The van der Waals surface area contributed by atoms with Crippen LogP contribution in [-0.2, 0) is 0 Å². The van der Waals surface area contributed by atoms with Gasteiger partial charge < -0.3 is 9.84 Å². The number of fused-ring (bicyclic) bond motifs is 1. The highest BCUT2D eigenvalue weighted by Gasteiger charge is 2.20. The fraction of sp³-hybridized carbons (Fsp3) is 0.467. The van der Waals surface area contributed by atoms with Gasteiger partial charge in [0.1, 0.15) is 18.1 Å². The Balaban J connectivity index is 0.00000274. The molecule has 0 atom stereocenters. The minimum absolute atomic E-state index is 0. The smallest absolute Gasteiger partial charge is 0.120 e. The summed E-state index contributed by atoms with van der Waals surface area (Å²) in [6.45, 7) is 6.32. The Morgan fingerprint density at radius 2 is 1.59 bits per heavy atom. The monoisotopic (exact) mass is 479 g/mol. The van der Waals surface area contributed by atoms with Gasteiger partial charge in [-0.2, -0.15) is 0 Å². The molecule has 0 spiro atoms. The van der Waals surface area contributed by atoms with Crippen molar-refractivity contribution in [2.24, 2.45) is 0 Å². The van der Waals surface area contributed by atoms with Gasteiger partial charge in [-0.1, -0.05) is 49.9 Å². The molecule has 1 N–H and O–H groups in total. The number of nitrogens with zero attached hydrogens (tertiary/aromatic N) is 1. The standard InChI is InChI=1S/C30H37NO2.ClH/c1-22-10-12-25(33-19-18-31-16-6-3-7-17-31)21-29(22)27-15-14-26(23-8-4-2-5-9-23)30-20-24(32)11-13-28(27)30;/h10-15,20-21,23,32H,2-9,16-19H2,1H3;1H. The second-order valence-electron chi connectivity index (χ2n) is 9.99. The zero-order valence-corrected chi connectivity index (χ0v) is 21.2. The van der Waals surface area contributed by atoms with E-state index in [4.69, 9.17) is 4.74 Å². The van der Waals surface area contributed by atoms with Crippen LogP contribution in [0.5, 0.6) is 11.5 Å². The van der Waals surface area contributed by atoms with Gasteiger partial charge in [-0.15, -0.1) is 12.4 Å². The van der Waals surface area contributed by atoms with Gasteiger partial charge in [0, 0.05) is 6.54 Å². The average Bonchev–Trinajstić information content (AvgIpc) is 2.85. The number of hydrogen-bond acceptors (Lipinski definition) is 3. The molecule has 0 radical (unpaired) electrons. The van der Waals surface area contributed by atoms with Crippen LogP contribution < -0.4 is 4.74 Å². The molecule has 1 aliphatic heterocycles. The van der Waals surface area contributed by atoms with Gasteiger partial charge in [0.05, 0.1) is 0 Å². The van der Waals surface area contributed by atoms with Crippen molar-refractivity contribution < 1.29 is 9.84 Å². The number of phenolic OH excluding ortho intramolecular Hbond substituents is 1. The molecule has 1 aliphatic carbocycles. The van der Waals surface area contributed by atoms with Crippen LogP contribution in [0.25, 0.3) is 21.9 Å². The fourth-order valence-corrected chi connectivity index (χ4v) is 5.82. The molecule has 3 aromatic rings.